The summed E-state index contributed by atoms with van der Waals surface area (Å²) >= 11 is 0. The van der Waals surface area contributed by atoms with E-state index in [1.165, 1.54) is 6.07 Å². The fourth-order valence-corrected chi connectivity index (χ4v) is 2.47. The molecular weight excluding hydrogens is 240 g/mol. The van der Waals surface area contributed by atoms with Gasteiger partial charge in [-0.05, 0) is 24.6 Å². The zero-order valence-electron chi connectivity index (χ0n) is 9.72. The average Bonchev–Trinajstić information content (AvgIpc) is 2.28. The van der Waals surface area contributed by atoms with E-state index in [0.717, 1.165) is 30.9 Å². The van der Waals surface area contributed by atoms with E-state index in [9.17, 15) is 8.42 Å². The van der Waals surface area contributed by atoms with Gasteiger partial charge in [-0.2, -0.15) is 0 Å². The van der Waals surface area contributed by atoms with Crippen molar-refractivity contribution in [3.8, 4) is 5.75 Å². The Kier molecular flexibility index (Phi) is 3.26. The van der Waals surface area contributed by atoms with Crippen molar-refractivity contribution in [1.29, 1.82) is 0 Å². The molecule has 5 nitrogen and oxygen atoms in total. The van der Waals surface area contributed by atoms with Crippen LogP contribution in [0.4, 0.5) is 5.69 Å². The van der Waals surface area contributed by atoms with Crippen molar-refractivity contribution >= 4 is 15.7 Å². The number of sulfonamides is 1. The van der Waals surface area contributed by atoms with E-state index in [1.807, 2.05) is 0 Å². The summed E-state index contributed by atoms with van der Waals surface area (Å²) in [5.41, 5.74) is 0.810. The number of anilines is 1. The highest BCUT2D eigenvalue weighted by molar-refractivity contribution is 7.89. The molecular formula is C11H16N2O3S. The molecule has 1 aromatic carbocycles. The molecule has 0 aliphatic carbocycles. The van der Waals surface area contributed by atoms with Crippen LogP contribution in [0.3, 0.4) is 0 Å². The molecule has 0 unspecified atom stereocenters. The molecule has 0 spiro atoms. The number of hydrogen-bond acceptors (Lipinski definition) is 4. The Labute approximate surface area is 101 Å². The first-order valence-electron chi connectivity index (χ1n) is 5.57. The molecule has 0 atom stereocenters. The van der Waals surface area contributed by atoms with Gasteiger partial charge < -0.3 is 9.64 Å². The highest BCUT2D eigenvalue weighted by Crippen LogP contribution is 2.33. The molecule has 0 fully saturated rings. The van der Waals surface area contributed by atoms with Crippen LogP contribution in [0, 0.1) is 0 Å². The van der Waals surface area contributed by atoms with Gasteiger partial charge in [0.2, 0.25) is 10.0 Å². The maximum atomic E-state index is 11.3. The van der Waals surface area contributed by atoms with E-state index in [0.29, 0.717) is 6.61 Å². The first kappa shape index (κ1) is 12.2. The van der Waals surface area contributed by atoms with Crippen LogP contribution in [-0.2, 0) is 10.0 Å². The number of hydrogen-bond donors (Lipinski definition) is 1. The molecule has 0 bridgehead atoms. The first-order valence-corrected chi connectivity index (χ1v) is 7.11. The molecule has 1 aromatic rings. The molecule has 0 radical (unpaired) electrons. The number of benzene rings is 1. The van der Waals surface area contributed by atoms with Crippen molar-refractivity contribution in [3.63, 3.8) is 0 Å². The lowest BCUT2D eigenvalue weighted by Crippen LogP contribution is -2.33. The van der Waals surface area contributed by atoms with Crippen LogP contribution in [-0.4, -0.2) is 28.1 Å². The van der Waals surface area contributed by atoms with Gasteiger partial charge in [-0.1, -0.05) is 6.92 Å². The zero-order valence-corrected chi connectivity index (χ0v) is 10.5. The van der Waals surface area contributed by atoms with Crippen LogP contribution in [0.15, 0.2) is 23.1 Å². The molecule has 1 heterocycles. The predicted molar refractivity (Wildman–Crippen MR) is 65.8 cm³/mol. The van der Waals surface area contributed by atoms with Gasteiger partial charge in [-0.25, -0.2) is 13.6 Å². The van der Waals surface area contributed by atoms with Crippen molar-refractivity contribution < 1.29 is 13.2 Å². The number of nitrogens with two attached hydrogens (primary N) is 1. The van der Waals surface area contributed by atoms with Crippen LogP contribution in [0.2, 0.25) is 0 Å². The predicted octanol–water partition coefficient (Wildman–Crippen LogP) is 0.943. The lowest BCUT2D eigenvalue weighted by molar-refractivity contribution is 0.307. The molecule has 17 heavy (non-hydrogen) atoms. The SMILES string of the molecule is CCCN1CCOc2ccc(S(N)(=O)=O)cc21. The van der Waals surface area contributed by atoms with Gasteiger partial charge in [0.05, 0.1) is 17.1 Å². The number of nitrogens with zero attached hydrogens (tertiary/aromatic N) is 1. The Balaban J connectivity index is 2.44. The van der Waals surface area contributed by atoms with Crippen LogP contribution >= 0.6 is 0 Å². The van der Waals surface area contributed by atoms with Gasteiger partial charge in [-0.3, -0.25) is 0 Å². The molecule has 6 heteroatoms. The standard InChI is InChI=1S/C11H16N2O3S/c1-2-5-13-6-7-16-11-4-3-9(8-10(11)13)17(12,14)15/h3-4,8H,2,5-7H2,1H3,(H2,12,14,15). The Morgan fingerprint density at radius 1 is 1.47 bits per heavy atom. The van der Waals surface area contributed by atoms with Crippen LogP contribution in [0.1, 0.15) is 13.3 Å². The second kappa shape index (κ2) is 4.54. The van der Waals surface area contributed by atoms with E-state index in [-0.39, 0.29) is 4.90 Å². The largest absolute Gasteiger partial charge is 0.490 e. The summed E-state index contributed by atoms with van der Waals surface area (Å²) in [6, 6.07) is 4.72. The summed E-state index contributed by atoms with van der Waals surface area (Å²) in [5, 5.41) is 5.12. The molecule has 0 saturated heterocycles. The average molecular weight is 256 g/mol. The zero-order chi connectivity index (χ0) is 12.5. The van der Waals surface area contributed by atoms with E-state index < -0.39 is 10.0 Å². The lowest BCUT2D eigenvalue weighted by Gasteiger charge is -2.31. The minimum atomic E-state index is -3.66. The monoisotopic (exact) mass is 256 g/mol. The van der Waals surface area contributed by atoms with E-state index in [2.05, 4.69) is 11.8 Å². The third-order valence-corrected chi connectivity index (χ3v) is 3.62. The normalized spacial score (nSPS) is 15.3. The smallest absolute Gasteiger partial charge is 0.238 e. The molecule has 0 amide bonds. The van der Waals surface area contributed by atoms with Crippen molar-refractivity contribution in [3.05, 3.63) is 18.2 Å². The number of primary sulfonamides is 1. The number of fused-ring (bicyclic) bond motifs is 1. The van der Waals surface area contributed by atoms with Crippen molar-refractivity contribution in [1.82, 2.24) is 0 Å². The summed E-state index contributed by atoms with van der Waals surface area (Å²) in [6.07, 6.45) is 0.999. The Morgan fingerprint density at radius 3 is 2.88 bits per heavy atom. The minimum absolute atomic E-state index is 0.128. The number of ether oxygens (including phenoxy) is 1. The molecule has 94 valence electrons. The van der Waals surface area contributed by atoms with E-state index in [1.54, 1.807) is 12.1 Å². The molecule has 1 aliphatic heterocycles. The van der Waals surface area contributed by atoms with Crippen molar-refractivity contribution in [2.75, 3.05) is 24.6 Å². The number of rotatable bonds is 3. The topological polar surface area (TPSA) is 72.6 Å². The van der Waals surface area contributed by atoms with Gasteiger partial charge in [0.15, 0.2) is 0 Å². The highest BCUT2D eigenvalue weighted by atomic mass is 32.2. The van der Waals surface area contributed by atoms with Gasteiger partial charge in [0, 0.05) is 6.54 Å². The molecule has 0 saturated carbocycles. The molecule has 2 N–H and O–H groups in total. The summed E-state index contributed by atoms with van der Waals surface area (Å²) in [6.45, 7) is 4.36. The van der Waals surface area contributed by atoms with Crippen LogP contribution in [0.25, 0.3) is 0 Å². The minimum Gasteiger partial charge on any atom is -0.490 e. The Bertz CT molecular complexity index is 513. The summed E-state index contributed by atoms with van der Waals surface area (Å²) < 4.78 is 28.1. The summed E-state index contributed by atoms with van der Waals surface area (Å²) in [5.74, 6) is 0.720. The second-order valence-corrected chi connectivity index (χ2v) is 5.57. The maximum Gasteiger partial charge on any atom is 0.238 e. The Hall–Kier alpha value is -1.27. The second-order valence-electron chi connectivity index (χ2n) is 4.01. The highest BCUT2D eigenvalue weighted by Gasteiger charge is 2.20. The van der Waals surface area contributed by atoms with Crippen molar-refractivity contribution in [2.45, 2.75) is 18.2 Å². The van der Waals surface area contributed by atoms with E-state index >= 15 is 0 Å². The van der Waals surface area contributed by atoms with Gasteiger partial charge >= 0.3 is 0 Å². The van der Waals surface area contributed by atoms with Crippen molar-refractivity contribution in [2.24, 2.45) is 5.14 Å². The van der Waals surface area contributed by atoms with E-state index in [4.69, 9.17) is 9.88 Å². The third kappa shape index (κ3) is 2.53. The lowest BCUT2D eigenvalue weighted by atomic mass is 10.2. The third-order valence-electron chi connectivity index (χ3n) is 2.71. The van der Waals surface area contributed by atoms with Crippen LogP contribution < -0.4 is 14.8 Å². The van der Waals surface area contributed by atoms with Gasteiger partial charge in [0.25, 0.3) is 0 Å². The molecule has 0 aromatic heterocycles. The maximum absolute atomic E-state index is 11.3. The first-order chi connectivity index (χ1) is 8.02. The summed E-state index contributed by atoms with van der Waals surface area (Å²) in [7, 11) is -3.66. The fourth-order valence-electron chi connectivity index (χ4n) is 1.93. The fraction of sp³-hybridized carbons (Fsp3) is 0.455. The summed E-state index contributed by atoms with van der Waals surface area (Å²) in [4.78, 5) is 2.25. The molecule has 1 aliphatic rings. The van der Waals surface area contributed by atoms with Gasteiger partial charge in [-0.15, -0.1) is 0 Å². The quantitative estimate of drug-likeness (QED) is 0.873. The molecule has 2 rings (SSSR count). The van der Waals surface area contributed by atoms with Crippen LogP contribution in [0.5, 0.6) is 5.75 Å². The Morgan fingerprint density at radius 2 is 2.24 bits per heavy atom. The van der Waals surface area contributed by atoms with Gasteiger partial charge in [0.1, 0.15) is 12.4 Å².